The van der Waals surface area contributed by atoms with Gasteiger partial charge in [0.25, 0.3) is 10.0 Å². The first-order valence-corrected chi connectivity index (χ1v) is 8.98. The number of nitrogens with one attached hydrogen (secondary N) is 1. The molecule has 0 radical (unpaired) electrons. The van der Waals surface area contributed by atoms with Gasteiger partial charge in [-0.25, -0.2) is 17.4 Å². The van der Waals surface area contributed by atoms with E-state index in [0.717, 1.165) is 0 Å². The van der Waals surface area contributed by atoms with Gasteiger partial charge in [-0.15, -0.1) is 0 Å². The topological polar surface area (TPSA) is 90.0 Å². The molecule has 0 fully saturated rings. The van der Waals surface area contributed by atoms with Crippen LogP contribution >= 0.6 is 0 Å². The lowest BCUT2D eigenvalue weighted by molar-refractivity contribution is 0.589. The number of pyridine rings is 1. The quantitative estimate of drug-likeness (QED) is 0.762. The summed E-state index contributed by atoms with van der Waals surface area (Å²) in [5.41, 5.74) is 7.34. The van der Waals surface area contributed by atoms with E-state index in [1.165, 1.54) is 16.4 Å². The first-order valence-electron chi connectivity index (χ1n) is 7.54. The standard InChI is InChI=1S/C17H20N4O2S/c1-17(2,3)20-15-13-9-10-21(16(13)19-11-14(15)18)24(22,23)12-7-5-4-6-8-12/h4-11H,18H2,1-3H3,(H,19,20). The van der Waals surface area contributed by atoms with Crippen LogP contribution in [0.4, 0.5) is 11.4 Å². The summed E-state index contributed by atoms with van der Waals surface area (Å²) >= 11 is 0. The second-order valence-electron chi connectivity index (χ2n) is 6.63. The molecule has 7 heteroatoms. The highest BCUT2D eigenvalue weighted by Crippen LogP contribution is 2.32. The first kappa shape index (κ1) is 16.3. The molecule has 0 unspecified atom stereocenters. The highest BCUT2D eigenvalue weighted by molar-refractivity contribution is 7.90. The lowest BCUT2D eigenvalue weighted by atomic mass is 10.1. The average molecular weight is 344 g/mol. The zero-order chi connectivity index (χ0) is 17.5. The van der Waals surface area contributed by atoms with Crippen molar-refractivity contribution in [2.75, 3.05) is 11.1 Å². The van der Waals surface area contributed by atoms with Gasteiger partial charge >= 0.3 is 0 Å². The van der Waals surface area contributed by atoms with Crippen LogP contribution in [0.25, 0.3) is 11.0 Å². The number of nitrogens with zero attached hydrogens (tertiary/aromatic N) is 2. The van der Waals surface area contributed by atoms with Crippen molar-refractivity contribution in [1.29, 1.82) is 0 Å². The summed E-state index contributed by atoms with van der Waals surface area (Å²) < 4.78 is 26.9. The summed E-state index contributed by atoms with van der Waals surface area (Å²) in [5.74, 6) is 0. The fourth-order valence-electron chi connectivity index (χ4n) is 2.49. The normalized spacial score (nSPS) is 12.5. The van der Waals surface area contributed by atoms with E-state index in [1.807, 2.05) is 20.8 Å². The first-order chi connectivity index (χ1) is 11.2. The minimum absolute atomic E-state index is 0.214. The third kappa shape index (κ3) is 2.82. The van der Waals surface area contributed by atoms with E-state index < -0.39 is 10.0 Å². The fraction of sp³-hybridized carbons (Fsp3) is 0.235. The van der Waals surface area contributed by atoms with Gasteiger partial charge < -0.3 is 11.1 Å². The molecule has 24 heavy (non-hydrogen) atoms. The van der Waals surface area contributed by atoms with Crippen molar-refractivity contribution in [3.8, 4) is 0 Å². The SMILES string of the molecule is CC(C)(C)Nc1c(N)cnc2c1ccn2S(=O)(=O)c1ccccc1. The average Bonchev–Trinajstić information content (AvgIpc) is 2.95. The summed E-state index contributed by atoms with van der Waals surface area (Å²) in [7, 11) is -3.71. The Bertz CT molecular complexity index is 987. The highest BCUT2D eigenvalue weighted by Gasteiger charge is 2.22. The van der Waals surface area contributed by atoms with Crippen molar-refractivity contribution in [3.05, 3.63) is 48.8 Å². The van der Waals surface area contributed by atoms with Gasteiger partial charge in [-0.2, -0.15) is 0 Å². The van der Waals surface area contributed by atoms with Crippen LogP contribution < -0.4 is 11.1 Å². The number of anilines is 2. The molecule has 0 bridgehead atoms. The smallest absolute Gasteiger partial charge is 0.269 e. The number of hydrogen-bond acceptors (Lipinski definition) is 5. The third-order valence-electron chi connectivity index (χ3n) is 3.51. The zero-order valence-corrected chi connectivity index (χ0v) is 14.6. The van der Waals surface area contributed by atoms with Crippen LogP contribution in [0.5, 0.6) is 0 Å². The van der Waals surface area contributed by atoms with Crippen LogP contribution in [-0.2, 0) is 10.0 Å². The molecule has 0 atom stereocenters. The van der Waals surface area contributed by atoms with Gasteiger partial charge in [0, 0.05) is 17.1 Å². The zero-order valence-electron chi connectivity index (χ0n) is 13.8. The molecule has 0 saturated heterocycles. The van der Waals surface area contributed by atoms with E-state index in [9.17, 15) is 8.42 Å². The number of benzene rings is 1. The van der Waals surface area contributed by atoms with E-state index in [0.29, 0.717) is 22.4 Å². The van der Waals surface area contributed by atoms with Crippen LogP contribution in [0, 0.1) is 0 Å². The van der Waals surface area contributed by atoms with E-state index in [4.69, 9.17) is 5.73 Å². The molecule has 0 aliphatic carbocycles. The summed E-state index contributed by atoms with van der Waals surface area (Å²) in [6.07, 6.45) is 2.99. The Morgan fingerprint density at radius 2 is 1.79 bits per heavy atom. The molecular formula is C17H20N4O2S. The maximum Gasteiger partial charge on any atom is 0.269 e. The fourth-order valence-corrected chi connectivity index (χ4v) is 3.82. The van der Waals surface area contributed by atoms with E-state index >= 15 is 0 Å². The Kier molecular flexibility index (Phi) is 3.76. The molecule has 0 spiro atoms. The van der Waals surface area contributed by atoms with Gasteiger partial charge in [0.15, 0.2) is 5.65 Å². The Morgan fingerprint density at radius 1 is 1.12 bits per heavy atom. The van der Waals surface area contributed by atoms with Gasteiger partial charge in [0.2, 0.25) is 0 Å². The lowest BCUT2D eigenvalue weighted by Gasteiger charge is -2.23. The van der Waals surface area contributed by atoms with Crippen molar-refractivity contribution in [2.24, 2.45) is 0 Å². The van der Waals surface area contributed by atoms with Crippen molar-refractivity contribution >= 4 is 32.4 Å². The Hall–Kier alpha value is -2.54. The Morgan fingerprint density at radius 3 is 2.42 bits per heavy atom. The van der Waals surface area contributed by atoms with E-state index in [-0.39, 0.29) is 10.4 Å². The summed E-state index contributed by atoms with van der Waals surface area (Å²) in [5, 5.41) is 3.99. The maximum atomic E-state index is 12.9. The van der Waals surface area contributed by atoms with Gasteiger partial charge in [-0.1, -0.05) is 18.2 Å². The molecule has 6 nitrogen and oxygen atoms in total. The van der Waals surface area contributed by atoms with Gasteiger partial charge in [-0.05, 0) is 39.0 Å². The molecular weight excluding hydrogens is 324 g/mol. The van der Waals surface area contributed by atoms with Gasteiger partial charge in [0.1, 0.15) is 0 Å². The summed E-state index contributed by atoms with van der Waals surface area (Å²) in [6.45, 7) is 6.03. The van der Waals surface area contributed by atoms with Crippen molar-refractivity contribution in [1.82, 2.24) is 8.96 Å². The molecule has 0 amide bonds. The number of rotatable bonds is 3. The van der Waals surface area contributed by atoms with Crippen molar-refractivity contribution in [2.45, 2.75) is 31.2 Å². The van der Waals surface area contributed by atoms with Gasteiger partial charge in [0.05, 0.1) is 22.5 Å². The highest BCUT2D eigenvalue weighted by atomic mass is 32.2. The number of nitrogens with two attached hydrogens (primary N) is 1. The Balaban J connectivity index is 2.21. The minimum atomic E-state index is -3.71. The molecule has 3 N–H and O–H groups in total. The Labute approximate surface area is 141 Å². The molecule has 0 aliphatic heterocycles. The molecule has 126 valence electrons. The monoisotopic (exact) mass is 344 g/mol. The van der Waals surface area contributed by atoms with Crippen LogP contribution in [0.15, 0.2) is 53.7 Å². The van der Waals surface area contributed by atoms with Crippen molar-refractivity contribution < 1.29 is 8.42 Å². The van der Waals surface area contributed by atoms with Crippen LogP contribution in [0.1, 0.15) is 20.8 Å². The second kappa shape index (κ2) is 5.52. The number of aromatic nitrogens is 2. The molecule has 0 saturated carbocycles. The van der Waals surface area contributed by atoms with E-state index in [1.54, 1.807) is 36.4 Å². The maximum absolute atomic E-state index is 12.9. The predicted molar refractivity (Wildman–Crippen MR) is 96.5 cm³/mol. The summed E-state index contributed by atoms with van der Waals surface area (Å²) in [6, 6.07) is 10.00. The lowest BCUT2D eigenvalue weighted by Crippen LogP contribution is -2.26. The molecule has 2 aromatic heterocycles. The number of fused-ring (bicyclic) bond motifs is 1. The predicted octanol–water partition coefficient (Wildman–Crippen LogP) is 3.07. The minimum Gasteiger partial charge on any atom is -0.396 e. The molecule has 3 rings (SSSR count). The van der Waals surface area contributed by atoms with Gasteiger partial charge in [-0.3, -0.25) is 0 Å². The molecule has 1 aromatic carbocycles. The third-order valence-corrected chi connectivity index (χ3v) is 5.19. The van der Waals surface area contributed by atoms with Crippen molar-refractivity contribution in [3.63, 3.8) is 0 Å². The molecule has 3 aromatic rings. The second-order valence-corrected chi connectivity index (χ2v) is 8.45. The van der Waals surface area contributed by atoms with Crippen LogP contribution in [0.2, 0.25) is 0 Å². The molecule has 2 heterocycles. The van der Waals surface area contributed by atoms with Crippen LogP contribution in [-0.4, -0.2) is 22.9 Å². The number of nitrogen functional groups attached to an aromatic ring is 1. The summed E-state index contributed by atoms with van der Waals surface area (Å²) in [4.78, 5) is 4.46. The number of hydrogen-bond donors (Lipinski definition) is 2. The van der Waals surface area contributed by atoms with Crippen LogP contribution in [0.3, 0.4) is 0 Å². The van der Waals surface area contributed by atoms with E-state index in [2.05, 4.69) is 10.3 Å². The molecule has 0 aliphatic rings. The largest absolute Gasteiger partial charge is 0.396 e.